The number of carboxylic acid groups (broad SMARTS) is 1. The highest BCUT2D eigenvalue weighted by atomic mass is 16.5. The summed E-state index contributed by atoms with van der Waals surface area (Å²) in [6.07, 6.45) is 8.10. The first-order chi connectivity index (χ1) is 13.6. The highest BCUT2D eigenvalue weighted by Gasteiger charge is 2.11. The van der Waals surface area contributed by atoms with Crippen molar-refractivity contribution < 1.29 is 33.8 Å². The molecule has 0 aliphatic heterocycles. The van der Waals surface area contributed by atoms with E-state index in [1.165, 1.54) is 13.2 Å². The molecule has 0 saturated heterocycles. The molecule has 7 heteroatoms. The van der Waals surface area contributed by atoms with Crippen LogP contribution in [0.3, 0.4) is 0 Å². The lowest BCUT2D eigenvalue weighted by atomic mass is 10.0. The number of allylic oxidation sites excluding steroid dienone is 1. The van der Waals surface area contributed by atoms with E-state index in [-0.39, 0.29) is 11.5 Å². The van der Waals surface area contributed by atoms with Gasteiger partial charge in [0.25, 0.3) is 0 Å². The topological polar surface area (TPSA) is 107 Å². The summed E-state index contributed by atoms with van der Waals surface area (Å²) in [5.74, 6) is -1.65. The predicted octanol–water partition coefficient (Wildman–Crippen LogP) is 4.05. The second kappa shape index (κ2) is 21.3. The minimum atomic E-state index is -1.11. The van der Waals surface area contributed by atoms with Gasteiger partial charge in [-0.3, -0.25) is 4.79 Å². The Morgan fingerprint density at radius 3 is 1.97 bits per heavy atom. The molecule has 0 aromatic rings. The first-order valence-corrected chi connectivity index (χ1v) is 9.18. The van der Waals surface area contributed by atoms with Gasteiger partial charge in [-0.25, -0.2) is 14.4 Å². The number of aliphatic carboxylic acids is 1. The molecular weight excluding hydrogens is 376 g/mol. The average Bonchev–Trinajstić information content (AvgIpc) is 2.71. The Morgan fingerprint density at radius 1 is 1.10 bits per heavy atom. The molecule has 0 bridgehead atoms. The summed E-state index contributed by atoms with van der Waals surface area (Å²) in [7, 11) is 1.33. The molecule has 7 nitrogen and oxygen atoms in total. The van der Waals surface area contributed by atoms with E-state index in [1.807, 2.05) is 0 Å². The lowest BCUT2D eigenvalue weighted by Crippen LogP contribution is -2.14. The SMILES string of the molecule is C=C(C)C(=O)OC.C=C(C=CC(=O)O)C(=O)OCC(CC)CCCC.C=CC=O. The molecule has 0 aromatic carbocycles. The molecule has 0 rings (SSSR count). The molecule has 0 aliphatic rings. The molecule has 164 valence electrons. The fraction of sp³-hybridized carbons (Fsp3) is 0.455. The van der Waals surface area contributed by atoms with E-state index in [0.717, 1.165) is 37.8 Å². The normalized spacial score (nSPS) is 10.2. The molecular formula is C22H34O7. The number of methoxy groups -OCH3 is 1. The third-order valence-electron chi connectivity index (χ3n) is 3.31. The van der Waals surface area contributed by atoms with Gasteiger partial charge in [-0.1, -0.05) is 52.8 Å². The van der Waals surface area contributed by atoms with E-state index in [9.17, 15) is 14.4 Å². The summed E-state index contributed by atoms with van der Waals surface area (Å²) >= 11 is 0. The van der Waals surface area contributed by atoms with Gasteiger partial charge in [0.2, 0.25) is 0 Å². The fourth-order valence-electron chi connectivity index (χ4n) is 1.60. The van der Waals surface area contributed by atoms with Crippen molar-refractivity contribution in [3.8, 4) is 0 Å². The summed E-state index contributed by atoms with van der Waals surface area (Å²) in [6, 6.07) is 0. The maximum atomic E-state index is 11.5. The van der Waals surface area contributed by atoms with Gasteiger partial charge in [-0.2, -0.15) is 0 Å². The molecule has 0 aromatic heterocycles. The summed E-state index contributed by atoms with van der Waals surface area (Å²) < 4.78 is 9.38. The number of aldehydes is 1. The summed E-state index contributed by atoms with van der Waals surface area (Å²) in [5, 5.41) is 8.42. The Balaban J connectivity index is -0.000000504. The van der Waals surface area contributed by atoms with E-state index < -0.39 is 11.9 Å². The third kappa shape index (κ3) is 23.0. The van der Waals surface area contributed by atoms with Gasteiger partial charge in [0.15, 0.2) is 0 Å². The van der Waals surface area contributed by atoms with Gasteiger partial charge >= 0.3 is 17.9 Å². The maximum Gasteiger partial charge on any atom is 0.337 e. The van der Waals surface area contributed by atoms with Crippen LogP contribution in [0.15, 0.2) is 49.1 Å². The molecule has 29 heavy (non-hydrogen) atoms. The second-order valence-electron chi connectivity index (χ2n) is 5.86. The zero-order chi connectivity index (χ0) is 23.2. The second-order valence-corrected chi connectivity index (χ2v) is 5.86. The molecule has 0 heterocycles. The van der Waals surface area contributed by atoms with Crippen LogP contribution in [0.5, 0.6) is 0 Å². The predicted molar refractivity (Wildman–Crippen MR) is 113 cm³/mol. The number of hydrogen-bond donors (Lipinski definition) is 1. The number of rotatable bonds is 11. The van der Waals surface area contributed by atoms with Crippen LogP contribution in [-0.2, 0) is 28.7 Å². The Labute approximate surface area is 173 Å². The van der Waals surface area contributed by atoms with Gasteiger partial charge < -0.3 is 14.6 Å². The van der Waals surface area contributed by atoms with Crippen LogP contribution in [0.25, 0.3) is 0 Å². The Bertz CT molecular complexity index is 568. The van der Waals surface area contributed by atoms with Gasteiger partial charge in [-0.15, -0.1) is 0 Å². The third-order valence-corrected chi connectivity index (χ3v) is 3.31. The Hall–Kier alpha value is -2.96. The molecule has 1 atom stereocenters. The highest BCUT2D eigenvalue weighted by Crippen LogP contribution is 2.13. The van der Waals surface area contributed by atoms with Crippen LogP contribution in [0.4, 0.5) is 0 Å². The van der Waals surface area contributed by atoms with E-state index >= 15 is 0 Å². The van der Waals surface area contributed by atoms with Crippen LogP contribution in [0.2, 0.25) is 0 Å². The largest absolute Gasteiger partial charge is 0.478 e. The first-order valence-electron chi connectivity index (χ1n) is 9.18. The van der Waals surface area contributed by atoms with Crippen molar-refractivity contribution in [2.45, 2.75) is 46.5 Å². The van der Waals surface area contributed by atoms with Crippen molar-refractivity contribution in [1.82, 2.24) is 0 Å². The standard InChI is InChI=1S/C14H22O4.C5H8O2.C3H4O/c1-4-6-7-12(5-2)10-18-14(17)11(3)8-9-13(15)16;1-4(2)5(6)7-3;1-2-3-4/h8-9,12H,3-7,10H2,1-2H3,(H,15,16);1H2,2-3H3;2-3H,1H2. The molecule has 0 amide bonds. The summed E-state index contributed by atoms with van der Waals surface area (Å²) in [4.78, 5) is 41.0. The molecule has 0 aliphatic carbocycles. The molecule has 0 fully saturated rings. The molecule has 1 N–H and O–H groups in total. The number of carbonyl (C=O) groups is 4. The zero-order valence-corrected chi connectivity index (χ0v) is 17.9. The Morgan fingerprint density at radius 2 is 1.66 bits per heavy atom. The number of unbranched alkanes of at least 4 members (excludes halogenated alkanes) is 1. The highest BCUT2D eigenvalue weighted by molar-refractivity contribution is 5.93. The lowest BCUT2D eigenvalue weighted by Gasteiger charge is -2.14. The smallest absolute Gasteiger partial charge is 0.337 e. The van der Waals surface area contributed by atoms with Gasteiger partial charge in [0.05, 0.1) is 19.3 Å². The monoisotopic (exact) mass is 410 g/mol. The van der Waals surface area contributed by atoms with E-state index in [1.54, 1.807) is 6.92 Å². The van der Waals surface area contributed by atoms with Crippen LogP contribution < -0.4 is 0 Å². The van der Waals surface area contributed by atoms with Gasteiger partial charge in [0, 0.05) is 11.6 Å². The number of esters is 2. The molecule has 1 unspecified atom stereocenters. The van der Waals surface area contributed by atoms with Crippen LogP contribution >= 0.6 is 0 Å². The lowest BCUT2D eigenvalue weighted by molar-refractivity contribution is -0.140. The average molecular weight is 411 g/mol. The van der Waals surface area contributed by atoms with Crippen molar-refractivity contribution in [2.24, 2.45) is 5.92 Å². The zero-order valence-electron chi connectivity index (χ0n) is 17.9. The van der Waals surface area contributed by atoms with Gasteiger partial charge in [0.1, 0.15) is 6.29 Å². The van der Waals surface area contributed by atoms with Crippen molar-refractivity contribution in [1.29, 1.82) is 0 Å². The molecule has 0 radical (unpaired) electrons. The molecule has 0 saturated carbocycles. The quantitative estimate of drug-likeness (QED) is 0.237. The fourth-order valence-corrected chi connectivity index (χ4v) is 1.60. The minimum Gasteiger partial charge on any atom is -0.478 e. The van der Waals surface area contributed by atoms with Gasteiger partial charge in [-0.05, 0) is 31.4 Å². The Kier molecular flexibility index (Phi) is 22.6. The minimum absolute atomic E-state index is 0.0581. The van der Waals surface area contributed by atoms with Crippen molar-refractivity contribution in [3.05, 3.63) is 49.1 Å². The van der Waals surface area contributed by atoms with Crippen LogP contribution in [-0.4, -0.2) is 43.0 Å². The van der Waals surface area contributed by atoms with Crippen molar-refractivity contribution >= 4 is 24.2 Å². The van der Waals surface area contributed by atoms with E-state index in [2.05, 4.69) is 38.3 Å². The number of hydrogen-bond acceptors (Lipinski definition) is 6. The van der Waals surface area contributed by atoms with E-state index in [4.69, 9.17) is 14.6 Å². The van der Waals surface area contributed by atoms with Crippen molar-refractivity contribution in [2.75, 3.05) is 13.7 Å². The van der Waals surface area contributed by atoms with Crippen LogP contribution in [0.1, 0.15) is 46.5 Å². The van der Waals surface area contributed by atoms with E-state index in [0.29, 0.717) is 24.4 Å². The number of ether oxygens (including phenoxy) is 2. The summed E-state index contributed by atoms with van der Waals surface area (Å²) in [6.45, 7) is 16.1. The summed E-state index contributed by atoms with van der Waals surface area (Å²) in [5.41, 5.74) is 0.491. The number of carbonyl (C=O) groups excluding carboxylic acids is 3. The number of carboxylic acids is 1. The first kappa shape index (κ1) is 30.8. The molecule has 0 spiro atoms. The maximum absolute atomic E-state index is 11.5. The van der Waals surface area contributed by atoms with Crippen molar-refractivity contribution in [3.63, 3.8) is 0 Å². The van der Waals surface area contributed by atoms with Crippen LogP contribution in [0, 0.1) is 5.92 Å².